The van der Waals surface area contributed by atoms with Crippen molar-refractivity contribution in [2.45, 2.75) is 39.2 Å². The van der Waals surface area contributed by atoms with Crippen LogP contribution in [0.1, 0.15) is 33.6 Å². The molecule has 0 aromatic carbocycles. The topological polar surface area (TPSA) is 29.1 Å². The van der Waals surface area contributed by atoms with Gasteiger partial charge in [0, 0.05) is 18.5 Å². The Morgan fingerprint density at radius 3 is 2.12 bits per heavy atom. The first-order valence-corrected chi connectivity index (χ1v) is 5.83. The summed E-state index contributed by atoms with van der Waals surface area (Å²) in [5.41, 5.74) is 0.805. The lowest BCUT2D eigenvalue weighted by molar-refractivity contribution is -0.920. The van der Waals surface area contributed by atoms with Crippen molar-refractivity contribution in [2.24, 2.45) is 0 Å². The minimum absolute atomic E-state index is 0. The van der Waals surface area contributed by atoms with E-state index in [1.807, 2.05) is 0 Å². The van der Waals surface area contributed by atoms with E-state index in [1.165, 1.54) is 0 Å². The molecule has 0 aliphatic heterocycles. The van der Waals surface area contributed by atoms with E-state index >= 15 is 0 Å². The van der Waals surface area contributed by atoms with Crippen molar-refractivity contribution in [3.63, 3.8) is 0 Å². The van der Waals surface area contributed by atoms with Gasteiger partial charge in [0.2, 0.25) is 5.91 Å². The summed E-state index contributed by atoms with van der Waals surface area (Å²) >= 11 is 0. The number of carbonyl (C=O) groups excluding carboxylic acids is 1. The molecular formula is C13H27ClN2O. The highest BCUT2D eigenvalue weighted by molar-refractivity contribution is 5.91. The van der Waals surface area contributed by atoms with E-state index in [4.69, 9.17) is 0 Å². The van der Waals surface area contributed by atoms with E-state index in [9.17, 15) is 4.79 Å². The lowest BCUT2D eigenvalue weighted by atomic mass is 9.95. The Labute approximate surface area is 112 Å². The van der Waals surface area contributed by atoms with Crippen molar-refractivity contribution in [1.29, 1.82) is 0 Å². The van der Waals surface area contributed by atoms with E-state index < -0.39 is 0 Å². The summed E-state index contributed by atoms with van der Waals surface area (Å²) < 4.78 is 0.932. The molecule has 0 aliphatic carbocycles. The first kappa shape index (κ1) is 18.8. The van der Waals surface area contributed by atoms with E-state index in [0.29, 0.717) is 5.57 Å². The van der Waals surface area contributed by atoms with Gasteiger partial charge in [-0.1, -0.05) is 6.58 Å². The smallest absolute Gasteiger partial charge is 0.246 e. The number of nitrogens with one attached hydrogen (secondary N) is 1. The first-order chi connectivity index (χ1) is 7.08. The SMILES string of the molecule is C=C(C)C(=O)NCCCC(C)(C)[N+](C)(C)C.[Cl-]. The number of hydrogen-bond acceptors (Lipinski definition) is 1. The zero-order chi connectivity index (χ0) is 13.0. The van der Waals surface area contributed by atoms with Crippen LogP contribution in [-0.4, -0.2) is 43.6 Å². The van der Waals surface area contributed by atoms with Gasteiger partial charge in [0.25, 0.3) is 0 Å². The number of hydrogen-bond donors (Lipinski definition) is 1. The molecular weight excluding hydrogens is 236 g/mol. The standard InChI is InChI=1S/C13H26N2O.ClH/c1-11(2)12(16)14-10-8-9-13(3,4)15(5,6)7;/h1,8-10H2,2-7H3;1H. The van der Waals surface area contributed by atoms with Crippen molar-refractivity contribution in [3.05, 3.63) is 12.2 Å². The minimum atomic E-state index is -0.0388. The van der Waals surface area contributed by atoms with Crippen molar-refractivity contribution in [1.82, 2.24) is 5.32 Å². The Morgan fingerprint density at radius 1 is 1.29 bits per heavy atom. The van der Waals surface area contributed by atoms with Crippen LogP contribution >= 0.6 is 0 Å². The Morgan fingerprint density at radius 2 is 1.76 bits per heavy atom. The van der Waals surface area contributed by atoms with Crippen LogP contribution < -0.4 is 17.7 Å². The molecule has 3 nitrogen and oxygen atoms in total. The van der Waals surface area contributed by atoms with Gasteiger partial charge in [-0.2, -0.15) is 0 Å². The van der Waals surface area contributed by atoms with Crippen molar-refractivity contribution in [2.75, 3.05) is 27.7 Å². The largest absolute Gasteiger partial charge is 1.00 e. The highest BCUT2D eigenvalue weighted by atomic mass is 35.5. The maximum absolute atomic E-state index is 11.2. The van der Waals surface area contributed by atoms with Crippen molar-refractivity contribution < 1.29 is 21.7 Å². The van der Waals surface area contributed by atoms with E-state index in [-0.39, 0.29) is 23.9 Å². The molecule has 4 heteroatoms. The van der Waals surface area contributed by atoms with Crippen LogP contribution in [0.2, 0.25) is 0 Å². The molecule has 0 aliphatic rings. The Kier molecular flexibility index (Phi) is 7.77. The Bertz CT molecular complexity index is 267. The summed E-state index contributed by atoms with van der Waals surface area (Å²) in [6, 6.07) is 0. The number of nitrogens with zero attached hydrogens (tertiary/aromatic N) is 1. The van der Waals surface area contributed by atoms with Crippen LogP contribution in [0, 0.1) is 0 Å². The van der Waals surface area contributed by atoms with Gasteiger partial charge in [-0.3, -0.25) is 4.79 Å². The van der Waals surface area contributed by atoms with Gasteiger partial charge in [-0.05, 0) is 27.2 Å². The molecule has 1 N–H and O–H groups in total. The number of carbonyl (C=O) groups is 1. The second-order valence-corrected chi connectivity index (χ2v) is 5.96. The minimum Gasteiger partial charge on any atom is -1.00 e. The summed E-state index contributed by atoms with van der Waals surface area (Å²) in [7, 11) is 6.60. The Hall–Kier alpha value is -0.540. The van der Waals surface area contributed by atoms with Gasteiger partial charge in [0.05, 0.1) is 26.7 Å². The molecule has 0 saturated carbocycles. The van der Waals surface area contributed by atoms with Gasteiger partial charge in [0.1, 0.15) is 0 Å². The van der Waals surface area contributed by atoms with Gasteiger partial charge in [0.15, 0.2) is 0 Å². The lowest BCUT2D eigenvalue weighted by Gasteiger charge is -2.41. The van der Waals surface area contributed by atoms with Crippen LogP contribution in [0.5, 0.6) is 0 Å². The predicted molar refractivity (Wildman–Crippen MR) is 69.2 cm³/mol. The maximum atomic E-state index is 11.2. The molecule has 102 valence electrons. The quantitative estimate of drug-likeness (QED) is 0.369. The van der Waals surface area contributed by atoms with Crippen LogP contribution in [0.15, 0.2) is 12.2 Å². The van der Waals surface area contributed by atoms with Crippen LogP contribution in [0.3, 0.4) is 0 Å². The first-order valence-electron chi connectivity index (χ1n) is 5.83. The maximum Gasteiger partial charge on any atom is 0.246 e. The van der Waals surface area contributed by atoms with Crippen LogP contribution in [0.4, 0.5) is 0 Å². The van der Waals surface area contributed by atoms with Crippen molar-refractivity contribution >= 4 is 5.91 Å². The highest BCUT2D eigenvalue weighted by Gasteiger charge is 2.31. The molecule has 0 aromatic rings. The molecule has 0 spiro atoms. The van der Waals surface area contributed by atoms with Crippen LogP contribution in [0.25, 0.3) is 0 Å². The molecule has 0 fully saturated rings. The molecule has 1 amide bonds. The van der Waals surface area contributed by atoms with E-state index in [1.54, 1.807) is 6.92 Å². The second kappa shape index (κ2) is 7.02. The molecule has 0 unspecified atom stereocenters. The molecule has 0 radical (unpaired) electrons. The average molecular weight is 263 g/mol. The molecule has 0 saturated heterocycles. The molecule has 0 heterocycles. The fraction of sp³-hybridized carbons (Fsp3) is 0.769. The normalized spacial score (nSPS) is 11.6. The molecule has 0 bridgehead atoms. The van der Waals surface area contributed by atoms with Gasteiger partial charge >= 0.3 is 0 Å². The number of halogens is 1. The zero-order valence-electron chi connectivity index (χ0n) is 12.1. The second-order valence-electron chi connectivity index (χ2n) is 5.96. The molecule has 0 aromatic heterocycles. The van der Waals surface area contributed by atoms with E-state index in [0.717, 1.165) is 23.9 Å². The summed E-state index contributed by atoms with van der Waals surface area (Å²) in [6.45, 7) is 10.6. The third kappa shape index (κ3) is 6.69. The number of quaternary nitrogens is 1. The Balaban J connectivity index is 0. The molecule has 0 rings (SSSR count). The third-order valence-electron chi connectivity index (χ3n) is 3.45. The average Bonchev–Trinajstić information content (AvgIpc) is 2.09. The zero-order valence-corrected chi connectivity index (χ0v) is 12.8. The summed E-state index contributed by atoms with van der Waals surface area (Å²) in [5.74, 6) is -0.0388. The predicted octanol–water partition coefficient (Wildman–Crippen LogP) is -1.05. The van der Waals surface area contributed by atoms with E-state index in [2.05, 4.69) is 46.9 Å². The summed E-state index contributed by atoms with van der Waals surface area (Å²) in [5, 5.41) is 2.86. The van der Waals surface area contributed by atoms with Crippen LogP contribution in [-0.2, 0) is 4.79 Å². The summed E-state index contributed by atoms with van der Waals surface area (Å²) in [6.07, 6.45) is 2.09. The third-order valence-corrected chi connectivity index (χ3v) is 3.45. The van der Waals surface area contributed by atoms with Gasteiger partial charge < -0.3 is 22.2 Å². The fourth-order valence-electron chi connectivity index (χ4n) is 1.21. The van der Waals surface area contributed by atoms with Gasteiger partial charge in [-0.25, -0.2) is 0 Å². The lowest BCUT2D eigenvalue weighted by Crippen LogP contribution is -3.00. The summed E-state index contributed by atoms with van der Waals surface area (Å²) in [4.78, 5) is 11.2. The van der Waals surface area contributed by atoms with Gasteiger partial charge in [-0.15, -0.1) is 0 Å². The molecule has 17 heavy (non-hydrogen) atoms. The highest BCUT2D eigenvalue weighted by Crippen LogP contribution is 2.22. The fourth-order valence-corrected chi connectivity index (χ4v) is 1.21. The molecule has 0 atom stereocenters. The monoisotopic (exact) mass is 262 g/mol. The number of rotatable bonds is 6. The van der Waals surface area contributed by atoms with Crippen molar-refractivity contribution in [3.8, 4) is 0 Å². The number of amides is 1.